The predicted octanol–water partition coefficient (Wildman–Crippen LogP) is 2.33. The van der Waals surface area contributed by atoms with Crippen LogP contribution in [-0.2, 0) is 0 Å². The van der Waals surface area contributed by atoms with E-state index in [1.165, 1.54) is 26.0 Å². The van der Waals surface area contributed by atoms with E-state index in [-0.39, 0.29) is 5.92 Å². The fourth-order valence-corrected chi connectivity index (χ4v) is 2.67. The fourth-order valence-electron chi connectivity index (χ4n) is 2.67. The summed E-state index contributed by atoms with van der Waals surface area (Å²) in [5.41, 5.74) is 1.73. The maximum atomic E-state index is 10.5. The molecule has 0 spiro atoms. The summed E-state index contributed by atoms with van der Waals surface area (Å²) in [4.78, 5) is 8.42. The van der Waals surface area contributed by atoms with Crippen LogP contribution in [-0.4, -0.2) is 29.3 Å². The van der Waals surface area contributed by atoms with Gasteiger partial charge in [0, 0.05) is 0 Å². The van der Waals surface area contributed by atoms with Gasteiger partial charge in [0.2, 0.25) is 11.8 Å². The number of hydrogen-bond acceptors (Lipinski definition) is 5. The van der Waals surface area contributed by atoms with Gasteiger partial charge < -0.3 is 14.6 Å². The molecule has 21 heavy (non-hydrogen) atoms. The van der Waals surface area contributed by atoms with E-state index in [0.29, 0.717) is 23.4 Å². The molecule has 1 N–H and O–H groups in total. The molecular formula is C16H18N2O3. The van der Waals surface area contributed by atoms with Gasteiger partial charge in [0.15, 0.2) is 0 Å². The standard InChI is InChI=1S/C16H18N2O3/c1-20-13-9-17-14(16(18-13)21-2)15(19)12-8-11(12)10-6-4-3-5-7-10/h3-7,9,11-12,15,19H,8H2,1-2H3. The van der Waals surface area contributed by atoms with Crippen molar-refractivity contribution in [2.24, 2.45) is 5.92 Å². The zero-order valence-electron chi connectivity index (χ0n) is 12.1. The van der Waals surface area contributed by atoms with E-state index in [4.69, 9.17) is 9.47 Å². The van der Waals surface area contributed by atoms with Crippen LogP contribution in [0.3, 0.4) is 0 Å². The second-order valence-corrected chi connectivity index (χ2v) is 5.17. The topological polar surface area (TPSA) is 64.5 Å². The van der Waals surface area contributed by atoms with Crippen LogP contribution >= 0.6 is 0 Å². The fraction of sp³-hybridized carbons (Fsp3) is 0.375. The Hall–Kier alpha value is -2.14. The quantitative estimate of drug-likeness (QED) is 0.914. The van der Waals surface area contributed by atoms with Crippen LogP contribution in [0.5, 0.6) is 11.8 Å². The van der Waals surface area contributed by atoms with Gasteiger partial charge in [-0.15, -0.1) is 0 Å². The molecule has 3 atom stereocenters. The summed E-state index contributed by atoms with van der Waals surface area (Å²) in [6.07, 6.45) is 1.77. The molecule has 1 saturated carbocycles. The van der Waals surface area contributed by atoms with Gasteiger partial charge in [-0.2, -0.15) is 4.98 Å². The Labute approximate surface area is 123 Å². The van der Waals surface area contributed by atoms with Crippen molar-refractivity contribution in [2.45, 2.75) is 18.4 Å². The smallest absolute Gasteiger partial charge is 0.241 e. The van der Waals surface area contributed by atoms with E-state index in [9.17, 15) is 5.11 Å². The summed E-state index contributed by atoms with van der Waals surface area (Å²) in [5.74, 6) is 1.22. The first kappa shape index (κ1) is 13.8. The number of methoxy groups -OCH3 is 2. The molecule has 1 aromatic heterocycles. The van der Waals surface area contributed by atoms with Crippen LogP contribution in [0.4, 0.5) is 0 Å². The van der Waals surface area contributed by atoms with Gasteiger partial charge in [-0.25, -0.2) is 4.98 Å². The summed E-state index contributed by atoms with van der Waals surface area (Å²) >= 11 is 0. The van der Waals surface area contributed by atoms with Crippen molar-refractivity contribution in [2.75, 3.05) is 14.2 Å². The normalized spacial score (nSPS) is 21.7. The number of ether oxygens (including phenoxy) is 2. The molecule has 0 radical (unpaired) electrons. The lowest BCUT2D eigenvalue weighted by Gasteiger charge is -2.13. The van der Waals surface area contributed by atoms with Crippen LogP contribution in [0.2, 0.25) is 0 Å². The highest BCUT2D eigenvalue weighted by atomic mass is 16.5. The second-order valence-electron chi connectivity index (χ2n) is 5.17. The number of aromatic nitrogens is 2. The summed E-state index contributed by atoms with van der Waals surface area (Å²) in [6.45, 7) is 0. The van der Waals surface area contributed by atoms with Gasteiger partial charge in [-0.05, 0) is 23.8 Å². The third kappa shape index (κ3) is 2.69. The summed E-state index contributed by atoms with van der Waals surface area (Å²) < 4.78 is 10.2. The highest BCUT2D eigenvalue weighted by molar-refractivity contribution is 5.31. The Kier molecular flexibility index (Phi) is 3.75. The molecular weight excluding hydrogens is 268 g/mol. The first-order valence-electron chi connectivity index (χ1n) is 6.92. The minimum atomic E-state index is -0.677. The van der Waals surface area contributed by atoms with Crippen LogP contribution in [0.25, 0.3) is 0 Å². The zero-order chi connectivity index (χ0) is 14.8. The zero-order valence-corrected chi connectivity index (χ0v) is 12.1. The highest BCUT2D eigenvalue weighted by Gasteiger charge is 2.45. The van der Waals surface area contributed by atoms with E-state index >= 15 is 0 Å². The molecule has 0 saturated heterocycles. The molecule has 1 fully saturated rings. The number of rotatable bonds is 5. The molecule has 0 amide bonds. The molecule has 110 valence electrons. The first-order valence-corrected chi connectivity index (χ1v) is 6.92. The van der Waals surface area contributed by atoms with Crippen molar-refractivity contribution in [1.29, 1.82) is 0 Å². The molecule has 3 unspecified atom stereocenters. The van der Waals surface area contributed by atoms with E-state index in [1.807, 2.05) is 18.2 Å². The Morgan fingerprint density at radius 1 is 1.19 bits per heavy atom. The Bertz CT molecular complexity index is 618. The third-order valence-corrected chi connectivity index (χ3v) is 3.90. The van der Waals surface area contributed by atoms with Gasteiger partial charge >= 0.3 is 0 Å². The van der Waals surface area contributed by atoms with Crippen LogP contribution < -0.4 is 9.47 Å². The molecule has 5 nitrogen and oxygen atoms in total. The molecule has 3 rings (SSSR count). The lowest BCUT2D eigenvalue weighted by molar-refractivity contribution is 0.141. The SMILES string of the molecule is COc1cnc(C(O)C2CC2c2ccccc2)c(OC)n1. The average molecular weight is 286 g/mol. The van der Waals surface area contributed by atoms with Crippen LogP contribution in [0.15, 0.2) is 36.5 Å². The second kappa shape index (κ2) is 5.69. The Balaban J connectivity index is 1.79. The van der Waals surface area contributed by atoms with Crippen LogP contribution in [0.1, 0.15) is 29.7 Å². The molecule has 5 heteroatoms. The van der Waals surface area contributed by atoms with E-state index < -0.39 is 6.10 Å². The summed E-state index contributed by atoms with van der Waals surface area (Å²) in [5, 5.41) is 10.5. The molecule has 1 aliphatic rings. The van der Waals surface area contributed by atoms with Crippen LogP contribution in [0, 0.1) is 5.92 Å². The minimum Gasteiger partial charge on any atom is -0.480 e. The number of hydrogen-bond donors (Lipinski definition) is 1. The van der Waals surface area contributed by atoms with Gasteiger partial charge in [0.1, 0.15) is 11.8 Å². The third-order valence-electron chi connectivity index (χ3n) is 3.90. The minimum absolute atomic E-state index is 0.156. The Morgan fingerprint density at radius 2 is 1.95 bits per heavy atom. The number of aliphatic hydroxyl groups excluding tert-OH is 1. The molecule has 1 heterocycles. The van der Waals surface area contributed by atoms with Crippen molar-refractivity contribution < 1.29 is 14.6 Å². The van der Waals surface area contributed by atoms with Crippen molar-refractivity contribution in [1.82, 2.24) is 9.97 Å². The summed E-state index contributed by atoms with van der Waals surface area (Å²) in [7, 11) is 3.03. The lowest BCUT2D eigenvalue weighted by atomic mass is 10.1. The van der Waals surface area contributed by atoms with Crippen molar-refractivity contribution in [3.05, 3.63) is 47.8 Å². The molecule has 1 aromatic carbocycles. The van der Waals surface area contributed by atoms with Gasteiger partial charge in [-0.3, -0.25) is 0 Å². The Morgan fingerprint density at radius 3 is 2.62 bits per heavy atom. The highest BCUT2D eigenvalue weighted by Crippen LogP contribution is 2.54. The van der Waals surface area contributed by atoms with Crippen molar-refractivity contribution >= 4 is 0 Å². The maximum Gasteiger partial charge on any atom is 0.241 e. The van der Waals surface area contributed by atoms with Gasteiger partial charge in [0.25, 0.3) is 0 Å². The average Bonchev–Trinajstić information content (AvgIpc) is 3.35. The van der Waals surface area contributed by atoms with E-state index in [2.05, 4.69) is 22.1 Å². The molecule has 2 aromatic rings. The molecule has 1 aliphatic carbocycles. The van der Waals surface area contributed by atoms with E-state index in [0.717, 1.165) is 6.42 Å². The molecule has 0 aliphatic heterocycles. The first-order chi connectivity index (χ1) is 10.2. The monoisotopic (exact) mass is 286 g/mol. The number of nitrogens with zero attached hydrogens (tertiary/aromatic N) is 2. The number of aliphatic hydroxyl groups is 1. The van der Waals surface area contributed by atoms with Gasteiger partial charge in [-0.1, -0.05) is 30.3 Å². The predicted molar refractivity (Wildman–Crippen MR) is 77.4 cm³/mol. The number of benzene rings is 1. The van der Waals surface area contributed by atoms with Crippen molar-refractivity contribution in [3.63, 3.8) is 0 Å². The van der Waals surface area contributed by atoms with E-state index in [1.54, 1.807) is 0 Å². The lowest BCUT2D eigenvalue weighted by Crippen LogP contribution is -2.08. The van der Waals surface area contributed by atoms with Crippen molar-refractivity contribution in [3.8, 4) is 11.8 Å². The van der Waals surface area contributed by atoms with Gasteiger partial charge in [0.05, 0.1) is 20.4 Å². The largest absolute Gasteiger partial charge is 0.480 e. The maximum absolute atomic E-state index is 10.5. The molecule has 0 bridgehead atoms. The summed E-state index contributed by atoms with van der Waals surface area (Å²) in [6, 6.07) is 10.2.